The molecule has 87 heavy (non-hydrogen) atoms. The van der Waals surface area contributed by atoms with Crippen LogP contribution in [0.25, 0.3) is 0 Å². The Kier molecular flexibility index (Phi) is 64.7. The van der Waals surface area contributed by atoms with Gasteiger partial charge in [0.2, 0.25) is 0 Å². The summed E-state index contributed by atoms with van der Waals surface area (Å²) in [7, 11) is 5.93. The largest absolute Gasteiger partial charge is 0.545 e. The van der Waals surface area contributed by atoms with E-state index in [2.05, 4.69) is 123 Å². The zero-order valence-corrected chi connectivity index (χ0v) is 57.1. The molecule has 0 radical (unpaired) electrons. The lowest BCUT2D eigenvalue weighted by molar-refractivity contribution is -0.870. The number of esters is 2. The highest BCUT2D eigenvalue weighted by Gasteiger charge is 2.22. The van der Waals surface area contributed by atoms with Crippen LogP contribution >= 0.6 is 0 Å². The summed E-state index contributed by atoms with van der Waals surface area (Å²) < 4.78 is 22.8. The molecule has 0 saturated heterocycles. The maximum absolute atomic E-state index is 12.9. The molecule has 0 aromatic heterocycles. The molecule has 2 atom stereocenters. The summed E-state index contributed by atoms with van der Waals surface area (Å²) in [4.78, 5) is 37.5. The smallest absolute Gasteiger partial charge is 0.306 e. The highest BCUT2D eigenvalue weighted by atomic mass is 16.7. The van der Waals surface area contributed by atoms with Gasteiger partial charge in [-0.05, 0) is 103 Å². The van der Waals surface area contributed by atoms with Gasteiger partial charge in [0.05, 0.1) is 40.3 Å². The number of nitrogens with zero attached hydrogens (tertiary/aromatic N) is 1. The molecule has 0 aliphatic rings. The van der Waals surface area contributed by atoms with Crippen molar-refractivity contribution >= 4 is 17.9 Å². The van der Waals surface area contributed by atoms with E-state index in [9.17, 15) is 19.5 Å². The topological polar surface area (TPSA) is 111 Å². The molecule has 0 amide bonds. The fourth-order valence-electron chi connectivity index (χ4n) is 10.0. The van der Waals surface area contributed by atoms with Crippen molar-refractivity contribution in [1.29, 1.82) is 0 Å². The molecular formula is C78H135NO8. The van der Waals surface area contributed by atoms with Crippen LogP contribution in [0.3, 0.4) is 0 Å². The number of ether oxygens (including phenoxy) is 4. The zero-order chi connectivity index (χ0) is 63.3. The van der Waals surface area contributed by atoms with Crippen molar-refractivity contribution in [2.24, 2.45) is 0 Å². The van der Waals surface area contributed by atoms with Crippen molar-refractivity contribution in [3.05, 3.63) is 109 Å². The van der Waals surface area contributed by atoms with Crippen LogP contribution in [0.1, 0.15) is 309 Å². The van der Waals surface area contributed by atoms with Gasteiger partial charge in [0, 0.05) is 12.8 Å². The predicted octanol–water partition coefficient (Wildman–Crippen LogP) is 21.2. The monoisotopic (exact) mass is 1210 g/mol. The number of hydrogen-bond donors (Lipinski definition) is 0. The second kappa shape index (κ2) is 67.9. The van der Waals surface area contributed by atoms with Gasteiger partial charge >= 0.3 is 11.9 Å². The van der Waals surface area contributed by atoms with E-state index in [1.165, 1.54) is 186 Å². The number of unbranched alkanes of at least 4 members (excludes halogenated alkanes) is 33. The first-order valence-corrected chi connectivity index (χ1v) is 36.0. The van der Waals surface area contributed by atoms with Crippen LogP contribution in [0.4, 0.5) is 0 Å². The minimum absolute atomic E-state index is 0.144. The van der Waals surface area contributed by atoms with Crippen molar-refractivity contribution in [2.45, 2.75) is 322 Å². The van der Waals surface area contributed by atoms with E-state index in [1.54, 1.807) is 0 Å². The van der Waals surface area contributed by atoms with Crippen molar-refractivity contribution in [3.8, 4) is 0 Å². The molecule has 9 nitrogen and oxygen atoms in total. The summed E-state index contributed by atoms with van der Waals surface area (Å²) in [5.74, 6) is -2.28. The molecule has 0 aliphatic heterocycles. The Morgan fingerprint density at radius 2 is 0.655 bits per heavy atom. The lowest BCUT2D eigenvalue weighted by atomic mass is 10.0. The molecule has 2 unspecified atom stereocenters. The van der Waals surface area contributed by atoms with Gasteiger partial charge in [0.25, 0.3) is 0 Å². The van der Waals surface area contributed by atoms with E-state index in [1.807, 2.05) is 21.1 Å². The maximum Gasteiger partial charge on any atom is 0.306 e. The molecule has 9 heteroatoms. The van der Waals surface area contributed by atoms with Gasteiger partial charge in [0.1, 0.15) is 13.2 Å². The third-order valence-electron chi connectivity index (χ3n) is 15.5. The number of allylic oxidation sites excluding steroid dienone is 18. The molecule has 0 saturated carbocycles. The Bertz CT molecular complexity index is 1800. The molecule has 0 aromatic carbocycles. The fourth-order valence-corrected chi connectivity index (χ4v) is 10.0. The van der Waals surface area contributed by atoms with Gasteiger partial charge in [-0.15, -0.1) is 0 Å². The number of likely N-dealkylation sites (N-methyl/N-ethyl adjacent to an activating group) is 1. The summed E-state index contributed by atoms with van der Waals surface area (Å²) >= 11 is 0. The first kappa shape index (κ1) is 83.0. The average molecular weight is 1210 g/mol. The molecule has 0 bridgehead atoms. The Morgan fingerprint density at radius 1 is 0.356 bits per heavy atom. The van der Waals surface area contributed by atoms with Gasteiger partial charge in [-0.3, -0.25) is 9.59 Å². The quantitative estimate of drug-likeness (QED) is 0.0195. The highest BCUT2D eigenvalue weighted by Crippen LogP contribution is 2.17. The number of carboxylic acids is 1. The zero-order valence-electron chi connectivity index (χ0n) is 57.1. The van der Waals surface area contributed by atoms with E-state index in [0.717, 1.165) is 89.9 Å². The van der Waals surface area contributed by atoms with Crippen molar-refractivity contribution in [3.63, 3.8) is 0 Å². The van der Waals surface area contributed by atoms with Gasteiger partial charge in [0.15, 0.2) is 12.4 Å². The molecule has 0 heterocycles. The van der Waals surface area contributed by atoms with E-state index < -0.39 is 24.3 Å². The van der Waals surface area contributed by atoms with Crippen molar-refractivity contribution in [1.82, 2.24) is 0 Å². The summed E-state index contributed by atoms with van der Waals surface area (Å²) in [5.41, 5.74) is 0. The number of hydrogen-bond acceptors (Lipinski definition) is 8. The minimum atomic E-state index is -1.63. The summed E-state index contributed by atoms with van der Waals surface area (Å²) in [6, 6.07) is 0. The van der Waals surface area contributed by atoms with Crippen LogP contribution in [0.2, 0.25) is 0 Å². The van der Waals surface area contributed by atoms with Crippen molar-refractivity contribution < 1.29 is 42.9 Å². The molecule has 0 aliphatic carbocycles. The Balaban J connectivity index is 4.12. The van der Waals surface area contributed by atoms with Crippen LogP contribution < -0.4 is 5.11 Å². The SMILES string of the molecule is CC/C=C\C/C=C\C/C=C\C/C=C\C/C=C\C/C=C\CCCCCCCCCCCCCCC(=O)OC(COC(=O)CCCCCCCCCCCCCCCCCC/C=C\C/C=C\C/C=C\CCCCCCC)COC(OCC[N+](C)(C)C)C(=O)[O-]. The van der Waals surface area contributed by atoms with Gasteiger partial charge in [-0.25, -0.2) is 0 Å². The number of carboxylic acid groups (broad SMARTS) is 1. The molecule has 500 valence electrons. The number of quaternary nitrogens is 1. The second-order valence-electron chi connectivity index (χ2n) is 25.1. The Labute approximate surface area is 536 Å². The minimum Gasteiger partial charge on any atom is -0.545 e. The Hall–Kier alpha value is -4.05. The lowest BCUT2D eigenvalue weighted by Gasteiger charge is -2.26. The van der Waals surface area contributed by atoms with Crippen LogP contribution in [0, 0.1) is 0 Å². The molecular weight excluding hydrogens is 1080 g/mol. The number of carbonyl (C=O) groups is 3. The van der Waals surface area contributed by atoms with Gasteiger partial charge in [-0.1, -0.05) is 303 Å². The number of carbonyl (C=O) groups excluding carboxylic acids is 3. The average Bonchev–Trinajstić information content (AvgIpc) is 3.56. The van der Waals surface area contributed by atoms with Gasteiger partial charge < -0.3 is 33.3 Å². The lowest BCUT2D eigenvalue weighted by Crippen LogP contribution is -2.44. The first-order chi connectivity index (χ1) is 42.6. The molecule has 0 N–H and O–H groups in total. The van der Waals surface area contributed by atoms with Crippen LogP contribution in [-0.4, -0.2) is 82.3 Å². The van der Waals surface area contributed by atoms with E-state index in [0.29, 0.717) is 17.4 Å². The van der Waals surface area contributed by atoms with Gasteiger partial charge in [-0.2, -0.15) is 0 Å². The highest BCUT2D eigenvalue weighted by molar-refractivity contribution is 5.70. The first-order valence-electron chi connectivity index (χ1n) is 36.0. The van der Waals surface area contributed by atoms with E-state index in [4.69, 9.17) is 18.9 Å². The third kappa shape index (κ3) is 69.3. The molecule has 0 fully saturated rings. The molecule has 0 aromatic rings. The molecule has 0 spiro atoms. The van der Waals surface area contributed by atoms with Crippen LogP contribution in [-0.2, 0) is 33.3 Å². The Morgan fingerprint density at radius 3 is 0.977 bits per heavy atom. The fraction of sp³-hybridized carbons (Fsp3) is 0.731. The maximum atomic E-state index is 12.9. The standard InChI is InChI=1S/C78H135NO8/c1-6-8-10-12-14-16-18-20-22-24-26-28-30-32-34-36-38-40-42-44-46-48-50-52-54-56-58-60-62-64-66-68-75(80)85-72-74(73-86-78(77(82)83)84-71-70-79(3,4)5)87-76(81)69-67-65-63-61-59-57-55-53-51-49-47-45-43-41-39-37-35-33-31-29-27-25-23-21-19-17-15-13-11-9-7-2/h9,11,15,17-18,20-21,23-24,26-27,29-30,32-33,35,39,41,74,78H,6-8,10,12-14,16,19,22,25,28,31,34,36-38,40,42-73H2,1-5H3/b11-9-,17-15-,20-18-,23-21-,26-24-,29-27-,32-30-,35-33-,41-39-. The normalized spacial score (nSPS) is 13.3. The van der Waals surface area contributed by atoms with Crippen LogP contribution in [0.5, 0.6) is 0 Å². The predicted molar refractivity (Wildman–Crippen MR) is 370 cm³/mol. The van der Waals surface area contributed by atoms with E-state index in [-0.39, 0.29) is 38.6 Å². The van der Waals surface area contributed by atoms with E-state index >= 15 is 0 Å². The molecule has 0 rings (SSSR count). The van der Waals surface area contributed by atoms with Crippen LogP contribution in [0.15, 0.2) is 109 Å². The van der Waals surface area contributed by atoms with Crippen molar-refractivity contribution in [2.75, 3.05) is 47.5 Å². The summed E-state index contributed by atoms with van der Waals surface area (Å²) in [6.45, 7) is 4.64. The number of rotatable bonds is 66. The summed E-state index contributed by atoms with van der Waals surface area (Å²) in [6.07, 6.45) is 91.7. The summed E-state index contributed by atoms with van der Waals surface area (Å²) in [5, 5.41) is 11.8. The number of aliphatic carboxylic acids is 1. The second-order valence-corrected chi connectivity index (χ2v) is 25.1. The third-order valence-corrected chi connectivity index (χ3v) is 15.5.